The molecule has 1 amide bonds. The zero-order chi connectivity index (χ0) is 13.5. The lowest BCUT2D eigenvalue weighted by atomic mass is 10.1. The van der Waals surface area contributed by atoms with E-state index in [-0.39, 0.29) is 5.91 Å². The van der Waals surface area contributed by atoms with Crippen LogP contribution < -0.4 is 5.32 Å². The molecule has 1 N–H and O–H groups in total. The van der Waals surface area contributed by atoms with Crippen LogP contribution in [0.2, 0.25) is 0 Å². The van der Waals surface area contributed by atoms with Crippen molar-refractivity contribution in [1.29, 1.82) is 0 Å². The molecule has 0 radical (unpaired) electrons. The van der Waals surface area contributed by atoms with Gasteiger partial charge >= 0.3 is 0 Å². The Kier molecular flexibility index (Phi) is 4.67. The Balaban J connectivity index is 1.76. The molecule has 0 fully saturated rings. The van der Waals surface area contributed by atoms with Crippen LogP contribution in [0.5, 0.6) is 0 Å². The molecule has 3 nitrogen and oxygen atoms in total. The number of amides is 1. The van der Waals surface area contributed by atoms with Crippen LogP contribution in [-0.2, 0) is 17.8 Å². The summed E-state index contributed by atoms with van der Waals surface area (Å²) in [7, 11) is 0. The zero-order valence-corrected chi connectivity index (χ0v) is 11.1. The SMILES string of the molecule is Cc1cccc(CCC(=O)NCc2cccnc2)c1. The van der Waals surface area contributed by atoms with E-state index in [1.54, 1.807) is 12.4 Å². The van der Waals surface area contributed by atoms with E-state index in [2.05, 4.69) is 35.4 Å². The highest BCUT2D eigenvalue weighted by atomic mass is 16.1. The number of nitrogens with zero attached hydrogens (tertiary/aromatic N) is 1. The number of rotatable bonds is 5. The molecule has 98 valence electrons. The van der Waals surface area contributed by atoms with Gasteiger partial charge in [-0.3, -0.25) is 9.78 Å². The Hall–Kier alpha value is -2.16. The van der Waals surface area contributed by atoms with Crippen molar-refractivity contribution >= 4 is 5.91 Å². The Labute approximate surface area is 113 Å². The second-order valence-corrected chi connectivity index (χ2v) is 4.63. The molecule has 3 heteroatoms. The van der Waals surface area contributed by atoms with Gasteiger partial charge < -0.3 is 5.32 Å². The summed E-state index contributed by atoms with van der Waals surface area (Å²) in [6.07, 6.45) is 4.79. The maximum Gasteiger partial charge on any atom is 0.220 e. The molecule has 0 aliphatic carbocycles. The summed E-state index contributed by atoms with van der Waals surface area (Å²) < 4.78 is 0. The van der Waals surface area contributed by atoms with E-state index in [4.69, 9.17) is 0 Å². The van der Waals surface area contributed by atoms with Crippen LogP contribution >= 0.6 is 0 Å². The molecule has 1 heterocycles. The van der Waals surface area contributed by atoms with E-state index < -0.39 is 0 Å². The van der Waals surface area contributed by atoms with Crippen molar-refractivity contribution in [3.8, 4) is 0 Å². The lowest BCUT2D eigenvalue weighted by molar-refractivity contribution is -0.121. The molecule has 1 aromatic heterocycles. The van der Waals surface area contributed by atoms with Gasteiger partial charge in [0.25, 0.3) is 0 Å². The molecular weight excluding hydrogens is 236 g/mol. The molecule has 0 aliphatic heterocycles. The lowest BCUT2D eigenvalue weighted by Gasteiger charge is -2.05. The van der Waals surface area contributed by atoms with Crippen molar-refractivity contribution < 1.29 is 4.79 Å². The topological polar surface area (TPSA) is 42.0 Å². The van der Waals surface area contributed by atoms with Gasteiger partial charge in [-0.25, -0.2) is 0 Å². The lowest BCUT2D eigenvalue weighted by Crippen LogP contribution is -2.23. The normalized spacial score (nSPS) is 10.2. The quantitative estimate of drug-likeness (QED) is 0.891. The van der Waals surface area contributed by atoms with Crippen molar-refractivity contribution in [2.75, 3.05) is 0 Å². The van der Waals surface area contributed by atoms with Gasteiger partial charge in [0.05, 0.1) is 0 Å². The van der Waals surface area contributed by atoms with Gasteiger partial charge in [-0.15, -0.1) is 0 Å². The van der Waals surface area contributed by atoms with Crippen LogP contribution in [-0.4, -0.2) is 10.9 Å². The predicted octanol–water partition coefficient (Wildman–Crippen LogP) is 2.64. The highest BCUT2D eigenvalue weighted by Gasteiger charge is 2.02. The standard InChI is InChI=1S/C16H18N2O/c1-13-4-2-5-14(10-13)7-8-16(19)18-12-15-6-3-9-17-11-15/h2-6,9-11H,7-8,12H2,1H3,(H,18,19). The first-order valence-electron chi connectivity index (χ1n) is 6.45. The van der Waals surface area contributed by atoms with Crippen molar-refractivity contribution in [3.63, 3.8) is 0 Å². The molecule has 0 atom stereocenters. The fraction of sp³-hybridized carbons (Fsp3) is 0.250. The minimum absolute atomic E-state index is 0.0744. The van der Waals surface area contributed by atoms with Crippen molar-refractivity contribution in [2.45, 2.75) is 26.3 Å². The Morgan fingerprint density at radius 3 is 2.79 bits per heavy atom. The minimum atomic E-state index is 0.0744. The third-order valence-corrected chi connectivity index (χ3v) is 2.94. The molecule has 0 spiro atoms. The Morgan fingerprint density at radius 2 is 2.05 bits per heavy atom. The first kappa shape index (κ1) is 13.3. The number of hydrogen-bond acceptors (Lipinski definition) is 2. The van der Waals surface area contributed by atoms with Crippen molar-refractivity contribution in [1.82, 2.24) is 10.3 Å². The highest BCUT2D eigenvalue weighted by Crippen LogP contribution is 2.06. The van der Waals surface area contributed by atoms with E-state index in [0.717, 1.165) is 12.0 Å². The van der Waals surface area contributed by atoms with E-state index >= 15 is 0 Å². The van der Waals surface area contributed by atoms with E-state index in [1.807, 2.05) is 18.2 Å². The summed E-state index contributed by atoms with van der Waals surface area (Å²) in [5, 5.41) is 2.90. The van der Waals surface area contributed by atoms with Crippen LogP contribution in [0.15, 0.2) is 48.8 Å². The smallest absolute Gasteiger partial charge is 0.220 e. The monoisotopic (exact) mass is 254 g/mol. The summed E-state index contributed by atoms with van der Waals surface area (Å²) in [6, 6.07) is 12.1. The van der Waals surface area contributed by atoms with E-state index in [1.165, 1.54) is 11.1 Å². The number of aryl methyl sites for hydroxylation is 2. The summed E-state index contributed by atoms with van der Waals surface area (Å²) in [5.74, 6) is 0.0744. The molecule has 0 aliphatic rings. The third kappa shape index (κ3) is 4.54. The number of pyridine rings is 1. The van der Waals surface area contributed by atoms with Crippen LogP contribution in [0.1, 0.15) is 23.1 Å². The van der Waals surface area contributed by atoms with Crippen LogP contribution in [0, 0.1) is 6.92 Å². The number of aromatic nitrogens is 1. The highest BCUT2D eigenvalue weighted by molar-refractivity contribution is 5.76. The van der Waals surface area contributed by atoms with Gasteiger partial charge in [0.15, 0.2) is 0 Å². The Morgan fingerprint density at radius 1 is 1.21 bits per heavy atom. The van der Waals surface area contributed by atoms with Crippen LogP contribution in [0.3, 0.4) is 0 Å². The fourth-order valence-electron chi connectivity index (χ4n) is 1.92. The number of carbonyl (C=O) groups excluding carboxylic acids is 1. The first-order valence-corrected chi connectivity index (χ1v) is 6.45. The molecule has 2 rings (SSSR count). The van der Waals surface area contributed by atoms with Gasteiger partial charge in [-0.05, 0) is 30.5 Å². The average molecular weight is 254 g/mol. The molecule has 2 aromatic rings. The second kappa shape index (κ2) is 6.69. The van der Waals surface area contributed by atoms with Gasteiger partial charge in [0.2, 0.25) is 5.91 Å². The van der Waals surface area contributed by atoms with Gasteiger partial charge in [0, 0.05) is 25.4 Å². The van der Waals surface area contributed by atoms with Crippen LogP contribution in [0.4, 0.5) is 0 Å². The number of nitrogens with one attached hydrogen (secondary N) is 1. The minimum Gasteiger partial charge on any atom is -0.352 e. The Bertz CT molecular complexity index is 537. The van der Waals surface area contributed by atoms with Crippen molar-refractivity contribution in [3.05, 3.63) is 65.5 Å². The molecule has 0 saturated carbocycles. The summed E-state index contributed by atoms with van der Waals surface area (Å²) in [6.45, 7) is 2.60. The number of carbonyl (C=O) groups is 1. The number of benzene rings is 1. The zero-order valence-electron chi connectivity index (χ0n) is 11.1. The summed E-state index contributed by atoms with van der Waals surface area (Å²) in [5.41, 5.74) is 3.45. The maximum absolute atomic E-state index is 11.7. The third-order valence-electron chi connectivity index (χ3n) is 2.94. The second-order valence-electron chi connectivity index (χ2n) is 4.63. The largest absolute Gasteiger partial charge is 0.352 e. The maximum atomic E-state index is 11.7. The van der Waals surface area contributed by atoms with Gasteiger partial charge in [-0.2, -0.15) is 0 Å². The molecule has 0 saturated heterocycles. The fourth-order valence-corrected chi connectivity index (χ4v) is 1.92. The first-order chi connectivity index (χ1) is 9.24. The van der Waals surface area contributed by atoms with Gasteiger partial charge in [-0.1, -0.05) is 35.9 Å². The molecule has 0 unspecified atom stereocenters. The van der Waals surface area contributed by atoms with E-state index in [9.17, 15) is 4.79 Å². The molecule has 0 bridgehead atoms. The number of hydrogen-bond donors (Lipinski definition) is 1. The average Bonchev–Trinajstić information content (AvgIpc) is 2.44. The van der Waals surface area contributed by atoms with E-state index in [0.29, 0.717) is 13.0 Å². The summed E-state index contributed by atoms with van der Waals surface area (Å²) in [4.78, 5) is 15.8. The molecule has 1 aromatic carbocycles. The molecular formula is C16H18N2O. The predicted molar refractivity (Wildman–Crippen MR) is 75.6 cm³/mol. The summed E-state index contributed by atoms with van der Waals surface area (Å²) >= 11 is 0. The van der Waals surface area contributed by atoms with Gasteiger partial charge in [0.1, 0.15) is 0 Å². The van der Waals surface area contributed by atoms with Crippen LogP contribution in [0.25, 0.3) is 0 Å². The molecule has 19 heavy (non-hydrogen) atoms. The van der Waals surface area contributed by atoms with Crippen molar-refractivity contribution in [2.24, 2.45) is 0 Å².